The molecule has 0 spiro atoms. The lowest BCUT2D eigenvalue weighted by atomic mass is 10.2. The third-order valence-electron chi connectivity index (χ3n) is 2.40. The highest BCUT2D eigenvalue weighted by molar-refractivity contribution is 9.10. The molecule has 0 unspecified atom stereocenters. The van der Waals surface area contributed by atoms with Crippen LogP contribution in [0, 0.1) is 28.8 Å². The molecule has 0 fully saturated rings. The Morgan fingerprint density at radius 1 is 1.00 bits per heavy atom. The normalized spacial score (nSPS) is 10.1. The molecule has 0 saturated heterocycles. The minimum Gasteiger partial charge on any atom is -0.351 e. The fourth-order valence-electron chi connectivity index (χ4n) is 1.47. The molecule has 2 rings (SSSR count). The van der Waals surface area contributed by atoms with Gasteiger partial charge in [-0.3, -0.25) is 0 Å². The van der Waals surface area contributed by atoms with Crippen molar-refractivity contribution in [3.05, 3.63) is 57.8 Å². The molecule has 0 atom stereocenters. The van der Waals surface area contributed by atoms with Gasteiger partial charge in [0.05, 0.1) is 16.9 Å². The van der Waals surface area contributed by atoms with Gasteiger partial charge in [-0.15, -0.1) is 0 Å². The summed E-state index contributed by atoms with van der Waals surface area (Å²) in [6, 6.07) is 7.88. The van der Waals surface area contributed by atoms with E-state index >= 15 is 0 Å². The topological polar surface area (TPSA) is 35.8 Å². The van der Waals surface area contributed by atoms with E-state index in [0.717, 1.165) is 6.07 Å². The van der Waals surface area contributed by atoms with Gasteiger partial charge in [-0.25, -0.2) is 13.2 Å². The maximum absolute atomic E-state index is 13.6. The summed E-state index contributed by atoms with van der Waals surface area (Å²) in [6.07, 6.45) is 0. The van der Waals surface area contributed by atoms with Gasteiger partial charge in [0, 0.05) is 4.47 Å². The van der Waals surface area contributed by atoms with Crippen LogP contribution in [0.3, 0.4) is 0 Å². The van der Waals surface area contributed by atoms with E-state index in [1.54, 1.807) is 0 Å². The second-order valence-corrected chi connectivity index (χ2v) is 4.57. The van der Waals surface area contributed by atoms with Crippen LogP contribution in [-0.4, -0.2) is 0 Å². The van der Waals surface area contributed by atoms with E-state index < -0.39 is 23.0 Å². The predicted molar refractivity (Wildman–Crippen MR) is 68.5 cm³/mol. The number of benzene rings is 2. The fraction of sp³-hybridized carbons (Fsp3) is 0. The van der Waals surface area contributed by atoms with Crippen LogP contribution in [0.4, 0.5) is 24.5 Å². The van der Waals surface area contributed by atoms with Gasteiger partial charge in [-0.2, -0.15) is 5.26 Å². The molecule has 96 valence electrons. The Morgan fingerprint density at radius 3 is 2.42 bits per heavy atom. The lowest BCUT2D eigenvalue weighted by Gasteiger charge is -2.10. The lowest BCUT2D eigenvalue weighted by Crippen LogP contribution is -2.00. The molecule has 19 heavy (non-hydrogen) atoms. The summed E-state index contributed by atoms with van der Waals surface area (Å²) in [5, 5.41) is 11.0. The molecule has 0 saturated carbocycles. The van der Waals surface area contributed by atoms with E-state index in [1.807, 2.05) is 0 Å². The van der Waals surface area contributed by atoms with Crippen molar-refractivity contribution in [3.63, 3.8) is 0 Å². The minimum atomic E-state index is -1.26. The molecule has 0 aliphatic heterocycles. The van der Waals surface area contributed by atoms with Gasteiger partial charge in [-0.05, 0) is 30.3 Å². The van der Waals surface area contributed by atoms with Crippen molar-refractivity contribution in [1.82, 2.24) is 0 Å². The van der Waals surface area contributed by atoms with Crippen LogP contribution in [0.15, 0.2) is 34.8 Å². The second-order valence-electron chi connectivity index (χ2n) is 3.65. The highest BCUT2D eigenvalue weighted by Gasteiger charge is 2.14. The van der Waals surface area contributed by atoms with Gasteiger partial charge in [0.15, 0.2) is 11.6 Å². The SMILES string of the molecule is N#Cc1ccc(Nc2cc(Br)ccc2F)c(F)c1F. The zero-order valence-corrected chi connectivity index (χ0v) is 10.9. The molecule has 0 aromatic heterocycles. The van der Waals surface area contributed by atoms with E-state index in [4.69, 9.17) is 5.26 Å². The number of nitriles is 1. The Hall–Kier alpha value is -2.00. The monoisotopic (exact) mass is 326 g/mol. The van der Waals surface area contributed by atoms with Crippen molar-refractivity contribution >= 4 is 27.3 Å². The number of rotatable bonds is 2. The molecule has 6 heteroatoms. The summed E-state index contributed by atoms with van der Waals surface area (Å²) < 4.78 is 41.1. The molecule has 2 aromatic rings. The van der Waals surface area contributed by atoms with Gasteiger partial charge in [-0.1, -0.05) is 15.9 Å². The molecule has 0 amide bonds. The number of nitrogens with one attached hydrogen (secondary N) is 1. The summed E-state index contributed by atoms with van der Waals surface area (Å²) in [4.78, 5) is 0. The summed E-state index contributed by atoms with van der Waals surface area (Å²) in [6.45, 7) is 0. The Bertz CT molecular complexity index is 680. The summed E-state index contributed by atoms with van der Waals surface area (Å²) in [5.74, 6) is -3.09. The zero-order valence-electron chi connectivity index (χ0n) is 9.35. The summed E-state index contributed by atoms with van der Waals surface area (Å²) in [5.41, 5.74) is -0.649. The highest BCUT2D eigenvalue weighted by Crippen LogP contribution is 2.27. The zero-order chi connectivity index (χ0) is 14.0. The van der Waals surface area contributed by atoms with Crippen molar-refractivity contribution in [2.45, 2.75) is 0 Å². The average Bonchev–Trinajstić information content (AvgIpc) is 2.39. The molecule has 0 aliphatic rings. The van der Waals surface area contributed by atoms with Gasteiger partial charge in [0.1, 0.15) is 11.9 Å². The predicted octanol–water partition coefficient (Wildman–Crippen LogP) is 4.48. The molecular formula is C13H6BrF3N2. The number of anilines is 2. The number of nitrogens with zero attached hydrogens (tertiary/aromatic N) is 1. The van der Waals surface area contributed by atoms with Gasteiger partial charge in [0.2, 0.25) is 0 Å². The van der Waals surface area contributed by atoms with E-state index in [0.29, 0.717) is 4.47 Å². The van der Waals surface area contributed by atoms with Crippen molar-refractivity contribution < 1.29 is 13.2 Å². The Labute approximate surface area is 115 Å². The Morgan fingerprint density at radius 2 is 1.74 bits per heavy atom. The molecular weight excluding hydrogens is 321 g/mol. The maximum Gasteiger partial charge on any atom is 0.183 e. The molecule has 2 nitrogen and oxygen atoms in total. The molecule has 0 heterocycles. The number of halogens is 4. The largest absolute Gasteiger partial charge is 0.351 e. The minimum absolute atomic E-state index is 0.00242. The maximum atomic E-state index is 13.6. The van der Waals surface area contributed by atoms with E-state index in [2.05, 4.69) is 21.2 Å². The van der Waals surface area contributed by atoms with Gasteiger partial charge < -0.3 is 5.32 Å². The molecule has 0 aliphatic carbocycles. The van der Waals surface area contributed by atoms with E-state index in [9.17, 15) is 13.2 Å². The number of hydrogen-bond donors (Lipinski definition) is 1. The van der Waals surface area contributed by atoms with E-state index in [1.165, 1.54) is 30.3 Å². The standard InChI is InChI=1S/C13H6BrF3N2/c14-8-2-3-9(15)11(5-8)19-10-4-1-7(6-18)12(16)13(10)17/h1-5,19H. The average molecular weight is 327 g/mol. The van der Waals surface area contributed by atoms with Crippen LogP contribution in [0.2, 0.25) is 0 Å². The third kappa shape index (κ3) is 2.71. The smallest absolute Gasteiger partial charge is 0.183 e. The Kier molecular flexibility index (Phi) is 3.76. The number of hydrogen-bond acceptors (Lipinski definition) is 2. The van der Waals surface area contributed by atoms with Crippen LogP contribution in [0.5, 0.6) is 0 Å². The lowest BCUT2D eigenvalue weighted by molar-refractivity contribution is 0.509. The van der Waals surface area contributed by atoms with Crippen LogP contribution in [0.1, 0.15) is 5.56 Å². The first kappa shape index (κ1) is 13.4. The summed E-state index contributed by atoms with van der Waals surface area (Å²) >= 11 is 3.15. The van der Waals surface area contributed by atoms with Crippen LogP contribution in [-0.2, 0) is 0 Å². The fourth-order valence-corrected chi connectivity index (χ4v) is 1.83. The first-order chi connectivity index (χ1) is 9.02. The van der Waals surface area contributed by atoms with Gasteiger partial charge in [0.25, 0.3) is 0 Å². The van der Waals surface area contributed by atoms with Crippen molar-refractivity contribution in [2.75, 3.05) is 5.32 Å². The second kappa shape index (κ2) is 5.33. The van der Waals surface area contributed by atoms with E-state index in [-0.39, 0.29) is 11.4 Å². The first-order valence-corrected chi connectivity index (χ1v) is 5.92. The van der Waals surface area contributed by atoms with Crippen molar-refractivity contribution in [2.24, 2.45) is 0 Å². The van der Waals surface area contributed by atoms with Crippen LogP contribution >= 0.6 is 15.9 Å². The van der Waals surface area contributed by atoms with Crippen molar-refractivity contribution in [3.8, 4) is 6.07 Å². The molecule has 1 N–H and O–H groups in total. The van der Waals surface area contributed by atoms with Crippen molar-refractivity contribution in [1.29, 1.82) is 5.26 Å². The summed E-state index contributed by atoms with van der Waals surface area (Å²) in [7, 11) is 0. The molecule has 0 bridgehead atoms. The Balaban J connectivity index is 2.42. The van der Waals surface area contributed by atoms with Crippen LogP contribution < -0.4 is 5.32 Å². The van der Waals surface area contributed by atoms with Crippen LogP contribution in [0.25, 0.3) is 0 Å². The quantitative estimate of drug-likeness (QED) is 0.883. The first-order valence-electron chi connectivity index (χ1n) is 5.13. The molecule has 0 radical (unpaired) electrons. The third-order valence-corrected chi connectivity index (χ3v) is 2.89. The highest BCUT2D eigenvalue weighted by atomic mass is 79.9. The van der Waals surface area contributed by atoms with Gasteiger partial charge >= 0.3 is 0 Å². The molecule has 2 aromatic carbocycles.